The van der Waals surface area contributed by atoms with E-state index >= 15 is 0 Å². The first kappa shape index (κ1) is 19.9. The van der Waals surface area contributed by atoms with Crippen molar-refractivity contribution in [3.63, 3.8) is 0 Å². The number of hydrogen-bond acceptors (Lipinski definition) is 5. The van der Waals surface area contributed by atoms with E-state index in [9.17, 15) is 4.79 Å². The fraction of sp³-hybridized carbons (Fsp3) is 0.227. The number of methoxy groups -OCH3 is 2. The number of anilines is 1. The molecule has 1 heterocycles. The smallest absolute Gasteiger partial charge is 0.238 e. The van der Waals surface area contributed by atoms with E-state index in [1.807, 2.05) is 11.4 Å². The molecule has 0 aliphatic carbocycles. The van der Waals surface area contributed by atoms with E-state index in [2.05, 4.69) is 47.9 Å². The molecule has 0 saturated carbocycles. The highest BCUT2D eigenvalue weighted by atomic mass is 32.1. The van der Waals surface area contributed by atoms with E-state index in [4.69, 9.17) is 9.47 Å². The van der Waals surface area contributed by atoms with Crippen LogP contribution < -0.4 is 20.1 Å². The molecule has 5 nitrogen and oxygen atoms in total. The highest BCUT2D eigenvalue weighted by molar-refractivity contribution is 7.10. The SMILES string of the molecule is COc1ccc(OC)c(NC(=O)CN[C@H](c2ccc(C)cc2)c2cccs2)c1. The van der Waals surface area contributed by atoms with Crippen LogP contribution in [0.2, 0.25) is 0 Å². The molecule has 0 fully saturated rings. The predicted molar refractivity (Wildman–Crippen MR) is 114 cm³/mol. The molecule has 28 heavy (non-hydrogen) atoms. The summed E-state index contributed by atoms with van der Waals surface area (Å²) in [6.45, 7) is 2.23. The van der Waals surface area contributed by atoms with Gasteiger partial charge in [-0.2, -0.15) is 0 Å². The molecule has 0 bridgehead atoms. The third-order valence-electron chi connectivity index (χ3n) is 4.39. The molecule has 3 aromatic rings. The van der Waals surface area contributed by atoms with E-state index in [1.54, 1.807) is 43.8 Å². The molecule has 1 atom stereocenters. The highest BCUT2D eigenvalue weighted by Crippen LogP contribution is 2.29. The van der Waals surface area contributed by atoms with Gasteiger partial charge >= 0.3 is 0 Å². The molecule has 1 aromatic heterocycles. The maximum absolute atomic E-state index is 12.6. The van der Waals surface area contributed by atoms with E-state index in [0.29, 0.717) is 17.2 Å². The molecule has 1 amide bonds. The normalized spacial score (nSPS) is 11.7. The summed E-state index contributed by atoms with van der Waals surface area (Å²) in [5, 5.41) is 8.31. The number of aryl methyl sites for hydroxylation is 1. The first-order valence-electron chi connectivity index (χ1n) is 8.96. The minimum Gasteiger partial charge on any atom is -0.497 e. The van der Waals surface area contributed by atoms with Gasteiger partial charge in [-0.15, -0.1) is 11.3 Å². The molecule has 0 spiro atoms. The largest absolute Gasteiger partial charge is 0.497 e. The number of amides is 1. The van der Waals surface area contributed by atoms with Gasteiger partial charge in [-0.1, -0.05) is 35.9 Å². The highest BCUT2D eigenvalue weighted by Gasteiger charge is 2.17. The molecule has 0 saturated heterocycles. The van der Waals surface area contributed by atoms with Crippen molar-refractivity contribution < 1.29 is 14.3 Å². The Labute approximate surface area is 169 Å². The standard InChI is InChI=1S/C22H24N2O3S/c1-15-6-8-16(9-7-15)22(20-5-4-12-28-20)23-14-21(25)24-18-13-17(26-2)10-11-19(18)27-3/h4-13,22-23H,14H2,1-3H3,(H,24,25)/t22-/m1/s1. The Morgan fingerprint density at radius 1 is 1.07 bits per heavy atom. The third kappa shape index (κ3) is 4.91. The predicted octanol–water partition coefficient (Wildman–Crippen LogP) is 4.39. The zero-order chi connectivity index (χ0) is 19.9. The van der Waals surface area contributed by atoms with Crippen molar-refractivity contribution in [2.45, 2.75) is 13.0 Å². The summed E-state index contributed by atoms with van der Waals surface area (Å²) >= 11 is 1.67. The molecule has 3 rings (SSSR count). The lowest BCUT2D eigenvalue weighted by Gasteiger charge is -2.19. The summed E-state index contributed by atoms with van der Waals surface area (Å²) in [5.74, 6) is 1.09. The van der Waals surface area contributed by atoms with Gasteiger partial charge < -0.3 is 14.8 Å². The molecule has 0 unspecified atom stereocenters. The Balaban J connectivity index is 1.71. The molecule has 0 aliphatic heterocycles. The van der Waals surface area contributed by atoms with Crippen LogP contribution in [0.4, 0.5) is 5.69 Å². The first-order chi connectivity index (χ1) is 13.6. The number of rotatable bonds is 8. The van der Waals surface area contributed by atoms with Gasteiger partial charge in [-0.05, 0) is 36.1 Å². The number of carbonyl (C=O) groups excluding carboxylic acids is 1. The van der Waals surface area contributed by atoms with Crippen LogP contribution in [-0.4, -0.2) is 26.7 Å². The third-order valence-corrected chi connectivity index (χ3v) is 5.32. The number of hydrogen-bond donors (Lipinski definition) is 2. The van der Waals surface area contributed by atoms with E-state index < -0.39 is 0 Å². The Bertz CT molecular complexity index is 908. The molecular weight excluding hydrogens is 372 g/mol. The van der Waals surface area contributed by atoms with Crippen LogP contribution in [0, 0.1) is 6.92 Å². The van der Waals surface area contributed by atoms with Crippen LogP contribution in [0.5, 0.6) is 11.5 Å². The monoisotopic (exact) mass is 396 g/mol. The van der Waals surface area contributed by atoms with Gasteiger partial charge in [0.05, 0.1) is 32.5 Å². The Kier molecular flexibility index (Phi) is 6.68. The minimum atomic E-state index is -0.153. The number of benzene rings is 2. The lowest BCUT2D eigenvalue weighted by Crippen LogP contribution is -2.31. The summed E-state index contributed by atoms with van der Waals surface area (Å²) in [7, 11) is 3.15. The summed E-state index contributed by atoms with van der Waals surface area (Å²) in [4.78, 5) is 13.7. The van der Waals surface area contributed by atoms with Crippen LogP contribution >= 0.6 is 11.3 Å². The second kappa shape index (κ2) is 9.39. The number of nitrogens with one attached hydrogen (secondary N) is 2. The summed E-state index contributed by atoms with van der Waals surface area (Å²) in [5.41, 5.74) is 2.91. The fourth-order valence-corrected chi connectivity index (χ4v) is 3.72. The minimum absolute atomic E-state index is 0.0430. The lowest BCUT2D eigenvalue weighted by molar-refractivity contribution is -0.115. The van der Waals surface area contributed by atoms with Gasteiger partial charge in [-0.3, -0.25) is 10.1 Å². The number of thiophene rings is 1. The zero-order valence-electron chi connectivity index (χ0n) is 16.2. The molecular formula is C22H24N2O3S. The van der Waals surface area contributed by atoms with Crippen LogP contribution in [0.1, 0.15) is 22.0 Å². The van der Waals surface area contributed by atoms with Crippen molar-refractivity contribution in [3.8, 4) is 11.5 Å². The summed E-state index contributed by atoms with van der Waals surface area (Å²) in [6.07, 6.45) is 0. The van der Waals surface area contributed by atoms with E-state index in [1.165, 1.54) is 5.56 Å². The molecule has 0 radical (unpaired) electrons. The molecule has 2 aromatic carbocycles. The first-order valence-corrected chi connectivity index (χ1v) is 9.84. The van der Waals surface area contributed by atoms with Crippen molar-refractivity contribution in [2.24, 2.45) is 0 Å². The van der Waals surface area contributed by atoms with Gasteiger partial charge in [-0.25, -0.2) is 0 Å². The summed E-state index contributed by atoms with van der Waals surface area (Å²) < 4.78 is 10.6. The topological polar surface area (TPSA) is 59.6 Å². The van der Waals surface area contributed by atoms with Crippen molar-refractivity contribution >= 4 is 22.9 Å². The van der Waals surface area contributed by atoms with Crippen LogP contribution in [0.15, 0.2) is 60.0 Å². The Hall–Kier alpha value is -2.83. The second-order valence-corrected chi connectivity index (χ2v) is 7.33. The quantitative estimate of drug-likeness (QED) is 0.593. The molecule has 146 valence electrons. The van der Waals surface area contributed by atoms with Crippen molar-refractivity contribution in [1.82, 2.24) is 5.32 Å². The Morgan fingerprint density at radius 2 is 1.86 bits per heavy atom. The summed E-state index contributed by atoms with van der Waals surface area (Å²) in [6, 6.07) is 17.7. The van der Waals surface area contributed by atoms with Gasteiger partial charge in [0.1, 0.15) is 11.5 Å². The maximum Gasteiger partial charge on any atom is 0.238 e. The maximum atomic E-state index is 12.6. The molecule has 2 N–H and O–H groups in total. The number of ether oxygens (including phenoxy) is 2. The van der Waals surface area contributed by atoms with Gasteiger partial charge in [0.2, 0.25) is 5.91 Å². The number of carbonyl (C=O) groups is 1. The van der Waals surface area contributed by atoms with Crippen LogP contribution in [-0.2, 0) is 4.79 Å². The average molecular weight is 397 g/mol. The second-order valence-electron chi connectivity index (χ2n) is 6.35. The van der Waals surface area contributed by atoms with Crippen LogP contribution in [0.25, 0.3) is 0 Å². The van der Waals surface area contributed by atoms with E-state index in [-0.39, 0.29) is 18.5 Å². The fourth-order valence-electron chi connectivity index (χ4n) is 2.90. The Morgan fingerprint density at radius 3 is 2.50 bits per heavy atom. The van der Waals surface area contributed by atoms with Gasteiger partial charge in [0, 0.05) is 10.9 Å². The lowest BCUT2D eigenvalue weighted by atomic mass is 10.0. The zero-order valence-corrected chi connectivity index (χ0v) is 17.0. The average Bonchev–Trinajstić information content (AvgIpc) is 3.24. The van der Waals surface area contributed by atoms with Crippen molar-refractivity contribution in [1.29, 1.82) is 0 Å². The molecule has 6 heteroatoms. The van der Waals surface area contributed by atoms with Crippen LogP contribution in [0.3, 0.4) is 0 Å². The van der Waals surface area contributed by atoms with Crippen molar-refractivity contribution in [2.75, 3.05) is 26.1 Å². The van der Waals surface area contributed by atoms with Gasteiger partial charge in [0.15, 0.2) is 0 Å². The van der Waals surface area contributed by atoms with Crippen molar-refractivity contribution in [3.05, 3.63) is 76.0 Å². The van der Waals surface area contributed by atoms with E-state index in [0.717, 1.165) is 10.4 Å². The molecule has 0 aliphatic rings. The van der Waals surface area contributed by atoms with Gasteiger partial charge in [0.25, 0.3) is 0 Å².